The van der Waals surface area contributed by atoms with Crippen molar-refractivity contribution in [3.63, 3.8) is 0 Å². The van der Waals surface area contributed by atoms with E-state index in [2.05, 4.69) is 48.4 Å². The summed E-state index contributed by atoms with van der Waals surface area (Å²) in [5.74, 6) is -0.137. The fourth-order valence-corrected chi connectivity index (χ4v) is 5.21. The first-order valence-electron chi connectivity index (χ1n) is 12.7. The minimum absolute atomic E-state index is 0.0439. The SMILES string of the molecule is C=CN/C=C(\C=C(/C)NC(=O)C(C)C)c1cnc2n[nH]c(-c3cc4c(-c5ccc(C(C)=O)s5)cncc4[nH]3)c2c1. The highest BCUT2D eigenvalue weighted by Gasteiger charge is 2.17. The Morgan fingerprint density at radius 1 is 1.10 bits per heavy atom. The molecule has 1 amide bonds. The molecule has 0 aliphatic heterocycles. The third-order valence-electron chi connectivity index (χ3n) is 6.35. The van der Waals surface area contributed by atoms with E-state index in [0.29, 0.717) is 16.2 Å². The van der Waals surface area contributed by atoms with Gasteiger partial charge < -0.3 is 15.6 Å². The maximum Gasteiger partial charge on any atom is 0.226 e. The fraction of sp³-hybridized carbons (Fsp3) is 0.167. The van der Waals surface area contributed by atoms with Gasteiger partial charge in [0, 0.05) is 62.6 Å². The van der Waals surface area contributed by atoms with E-state index in [4.69, 9.17) is 0 Å². The minimum atomic E-state index is -0.128. The summed E-state index contributed by atoms with van der Waals surface area (Å²) in [5, 5.41) is 15.3. The molecule has 0 saturated heterocycles. The molecular weight excluding hydrogens is 522 g/mol. The Labute approximate surface area is 235 Å². The van der Waals surface area contributed by atoms with Crippen LogP contribution in [0.1, 0.15) is 42.9 Å². The number of Topliss-reactive ketones (excluding diaryl/α,β-unsaturated/α-hetero) is 1. The average Bonchev–Trinajstić information content (AvgIpc) is 3.68. The molecule has 0 unspecified atom stereocenters. The zero-order valence-corrected chi connectivity index (χ0v) is 23.4. The highest BCUT2D eigenvalue weighted by atomic mass is 32.1. The molecule has 202 valence electrons. The molecular formula is C30H29N7O2S. The summed E-state index contributed by atoms with van der Waals surface area (Å²) >= 11 is 1.46. The van der Waals surface area contributed by atoms with Crippen LogP contribution in [-0.2, 0) is 4.79 Å². The molecule has 0 aliphatic carbocycles. The van der Waals surface area contributed by atoms with Crippen molar-refractivity contribution in [1.29, 1.82) is 0 Å². The number of thiophene rings is 1. The molecule has 5 aromatic rings. The van der Waals surface area contributed by atoms with Crippen LogP contribution < -0.4 is 10.6 Å². The van der Waals surface area contributed by atoms with Crippen molar-refractivity contribution in [2.45, 2.75) is 27.7 Å². The smallest absolute Gasteiger partial charge is 0.226 e. The molecule has 5 rings (SSSR count). The first kappa shape index (κ1) is 26.8. The number of carbonyl (C=O) groups is 2. The normalized spacial score (nSPS) is 12.3. The van der Waals surface area contributed by atoms with E-state index in [0.717, 1.165) is 49.3 Å². The van der Waals surface area contributed by atoms with E-state index in [1.54, 1.807) is 31.7 Å². The summed E-state index contributed by atoms with van der Waals surface area (Å²) in [6, 6.07) is 7.87. The van der Waals surface area contributed by atoms with Gasteiger partial charge in [0.25, 0.3) is 0 Å². The Hall–Kier alpha value is -4.83. The molecule has 0 spiro atoms. The number of fused-ring (bicyclic) bond motifs is 2. The number of rotatable bonds is 9. The van der Waals surface area contributed by atoms with Crippen LogP contribution in [0.5, 0.6) is 0 Å². The second-order valence-electron chi connectivity index (χ2n) is 9.69. The highest BCUT2D eigenvalue weighted by molar-refractivity contribution is 7.17. The Kier molecular flexibility index (Phi) is 7.43. The highest BCUT2D eigenvalue weighted by Crippen LogP contribution is 2.36. The average molecular weight is 552 g/mol. The van der Waals surface area contributed by atoms with Gasteiger partial charge in [-0.25, -0.2) is 4.98 Å². The molecule has 0 aromatic carbocycles. The van der Waals surface area contributed by atoms with Crippen molar-refractivity contribution in [2.24, 2.45) is 5.92 Å². The monoisotopic (exact) mass is 551 g/mol. The molecule has 10 heteroatoms. The lowest BCUT2D eigenvalue weighted by Crippen LogP contribution is -2.26. The van der Waals surface area contributed by atoms with Gasteiger partial charge in [-0.3, -0.25) is 19.7 Å². The van der Waals surface area contributed by atoms with Gasteiger partial charge in [-0.2, -0.15) is 5.10 Å². The van der Waals surface area contributed by atoms with Gasteiger partial charge >= 0.3 is 0 Å². The summed E-state index contributed by atoms with van der Waals surface area (Å²) in [5.41, 5.74) is 6.36. The van der Waals surface area contributed by atoms with Crippen molar-refractivity contribution in [1.82, 2.24) is 35.8 Å². The van der Waals surface area contributed by atoms with Crippen LogP contribution in [-0.4, -0.2) is 36.8 Å². The summed E-state index contributed by atoms with van der Waals surface area (Å²) in [6.45, 7) is 10.9. The molecule has 0 atom stereocenters. The molecule has 0 radical (unpaired) electrons. The predicted octanol–water partition coefficient (Wildman–Crippen LogP) is 6.18. The third kappa shape index (κ3) is 5.34. The molecule has 9 nitrogen and oxygen atoms in total. The number of pyridine rings is 2. The molecule has 4 N–H and O–H groups in total. The zero-order valence-electron chi connectivity index (χ0n) is 22.6. The van der Waals surface area contributed by atoms with Gasteiger partial charge in [0.1, 0.15) is 0 Å². The van der Waals surface area contributed by atoms with Crippen LogP contribution >= 0.6 is 11.3 Å². The largest absolute Gasteiger partial charge is 0.368 e. The summed E-state index contributed by atoms with van der Waals surface area (Å²) < 4.78 is 0. The van der Waals surface area contributed by atoms with E-state index >= 15 is 0 Å². The van der Waals surface area contributed by atoms with E-state index in [9.17, 15) is 9.59 Å². The predicted molar refractivity (Wildman–Crippen MR) is 160 cm³/mol. The number of hydrogen-bond donors (Lipinski definition) is 4. The molecule has 40 heavy (non-hydrogen) atoms. The Bertz CT molecular complexity index is 1820. The van der Waals surface area contributed by atoms with Crippen LogP contribution in [0.4, 0.5) is 0 Å². The number of hydrogen-bond acceptors (Lipinski definition) is 7. The minimum Gasteiger partial charge on any atom is -0.368 e. The number of aromatic amines is 2. The van der Waals surface area contributed by atoms with Crippen molar-refractivity contribution >= 4 is 50.5 Å². The number of carbonyl (C=O) groups excluding carboxylic acids is 2. The molecule has 0 bridgehead atoms. The van der Waals surface area contributed by atoms with Gasteiger partial charge in [0.2, 0.25) is 5.91 Å². The lowest BCUT2D eigenvalue weighted by molar-refractivity contribution is -0.123. The Balaban J connectivity index is 1.56. The maximum absolute atomic E-state index is 12.2. The zero-order chi connectivity index (χ0) is 28.4. The number of H-pyrrole nitrogens is 2. The lowest BCUT2D eigenvalue weighted by atomic mass is 10.0. The quantitative estimate of drug-likeness (QED) is 0.128. The van der Waals surface area contributed by atoms with E-state index in [1.807, 2.05) is 51.2 Å². The Morgan fingerprint density at radius 3 is 2.65 bits per heavy atom. The maximum atomic E-state index is 12.2. The van der Waals surface area contributed by atoms with Crippen molar-refractivity contribution in [3.8, 4) is 21.8 Å². The number of nitrogens with one attached hydrogen (secondary N) is 4. The van der Waals surface area contributed by atoms with E-state index in [1.165, 1.54) is 11.3 Å². The second kappa shape index (κ2) is 11.1. The Morgan fingerprint density at radius 2 is 1.93 bits per heavy atom. The van der Waals surface area contributed by atoms with Crippen LogP contribution in [0.3, 0.4) is 0 Å². The van der Waals surface area contributed by atoms with Gasteiger partial charge in [-0.05, 0) is 50.4 Å². The van der Waals surface area contributed by atoms with Gasteiger partial charge in [-0.15, -0.1) is 11.3 Å². The molecule has 0 aliphatic rings. The topological polar surface area (TPSA) is 128 Å². The summed E-state index contributed by atoms with van der Waals surface area (Å²) in [6.07, 6.45) is 10.6. The second-order valence-corrected chi connectivity index (χ2v) is 10.8. The van der Waals surface area contributed by atoms with Gasteiger partial charge in [-0.1, -0.05) is 20.4 Å². The van der Waals surface area contributed by atoms with E-state index in [-0.39, 0.29) is 17.6 Å². The fourth-order valence-electron chi connectivity index (χ4n) is 4.28. The number of aromatic nitrogens is 5. The molecule has 0 fully saturated rings. The number of ketones is 1. The van der Waals surface area contributed by atoms with Crippen LogP contribution in [0.2, 0.25) is 0 Å². The number of allylic oxidation sites excluding steroid dienone is 3. The lowest BCUT2D eigenvalue weighted by Gasteiger charge is -2.10. The summed E-state index contributed by atoms with van der Waals surface area (Å²) in [7, 11) is 0. The van der Waals surface area contributed by atoms with E-state index < -0.39 is 0 Å². The molecule has 5 heterocycles. The standard InChI is InChI=1S/C30H29N7O2S/c1-6-31-12-19(9-17(4)34-30(39)16(2)3)20-10-22-28(36-37-29(22)33-13-20)24-11-21-23(14-32-15-25(21)35-24)27-8-7-26(40-27)18(5)38/h6-16,31,35H,1H2,2-5H3,(H,34,39)(H,33,36,37)/b17-9+,19-12+. The van der Waals surface area contributed by atoms with Crippen molar-refractivity contribution in [2.75, 3.05) is 0 Å². The van der Waals surface area contributed by atoms with Gasteiger partial charge in [0.05, 0.1) is 28.0 Å². The summed E-state index contributed by atoms with van der Waals surface area (Å²) in [4.78, 5) is 38.2. The van der Waals surface area contributed by atoms with Gasteiger partial charge in [0.15, 0.2) is 11.4 Å². The van der Waals surface area contributed by atoms with Crippen LogP contribution in [0, 0.1) is 5.92 Å². The van der Waals surface area contributed by atoms with Crippen LogP contribution in [0.15, 0.2) is 73.6 Å². The number of nitrogens with zero attached hydrogens (tertiary/aromatic N) is 3. The number of amides is 1. The molecule has 0 saturated carbocycles. The molecule has 5 aromatic heterocycles. The first-order valence-corrected chi connectivity index (χ1v) is 13.6. The van der Waals surface area contributed by atoms with Crippen molar-refractivity contribution in [3.05, 3.63) is 84.0 Å². The van der Waals surface area contributed by atoms with Crippen LogP contribution in [0.25, 0.3) is 49.3 Å². The van der Waals surface area contributed by atoms with Crippen molar-refractivity contribution < 1.29 is 9.59 Å². The third-order valence-corrected chi connectivity index (χ3v) is 7.57. The first-order chi connectivity index (χ1) is 19.2.